The van der Waals surface area contributed by atoms with Gasteiger partial charge in [0.25, 0.3) is 0 Å². The summed E-state index contributed by atoms with van der Waals surface area (Å²) in [6, 6.07) is 0. The number of hydrogen-bond acceptors (Lipinski definition) is 10. The molecule has 0 aliphatic rings. The lowest BCUT2D eigenvalue weighted by Gasteiger charge is -2.21. The Morgan fingerprint density at radius 1 is 0.354 bits per heavy atom. The summed E-state index contributed by atoms with van der Waals surface area (Å²) in [6.45, 7) is 4.46. The highest BCUT2D eigenvalue weighted by Crippen LogP contribution is 2.43. The van der Waals surface area contributed by atoms with E-state index in [-0.39, 0.29) is 25.9 Å². The zero-order valence-corrected chi connectivity index (χ0v) is 53.1. The van der Waals surface area contributed by atoms with E-state index in [1.165, 1.54) is 64.2 Å². The molecule has 0 saturated carbocycles. The third-order valence-corrected chi connectivity index (χ3v) is 14.6. The van der Waals surface area contributed by atoms with E-state index in [0.29, 0.717) is 19.3 Å². The maximum absolute atomic E-state index is 13.0. The molecule has 0 aromatic heterocycles. The fourth-order valence-electron chi connectivity index (χ4n) is 8.68. The summed E-state index contributed by atoms with van der Waals surface area (Å²) in [5.41, 5.74) is 0. The van der Waals surface area contributed by atoms with Gasteiger partial charge in [0.2, 0.25) is 0 Å². The molecule has 82 heavy (non-hydrogen) atoms. The summed E-state index contributed by atoms with van der Waals surface area (Å²) >= 11 is 0. The van der Waals surface area contributed by atoms with E-state index in [9.17, 15) is 28.9 Å². The Hall–Kier alpha value is -3.86. The highest BCUT2D eigenvalue weighted by atomic mass is 31.2. The van der Waals surface area contributed by atoms with E-state index in [1.807, 2.05) is 0 Å². The first-order chi connectivity index (χ1) is 40.2. The summed E-state index contributed by atoms with van der Waals surface area (Å²) in [6.07, 6.45) is 77.4. The number of hydrogen-bond donors (Lipinski definition) is 2. The van der Waals surface area contributed by atoms with Gasteiger partial charge in [-0.05, 0) is 128 Å². The molecule has 0 radical (unpaired) electrons. The van der Waals surface area contributed by atoms with Crippen LogP contribution in [-0.4, -0.2) is 66.5 Å². The number of esters is 3. The van der Waals surface area contributed by atoms with Crippen LogP contribution >= 0.6 is 7.82 Å². The number of phosphoric ester groups is 1. The zero-order valence-electron chi connectivity index (χ0n) is 52.2. The van der Waals surface area contributed by atoms with Crippen LogP contribution in [0, 0.1) is 0 Å². The molecule has 0 amide bonds. The number of aliphatic hydroxyl groups excluding tert-OH is 1. The maximum atomic E-state index is 13.0. The van der Waals surface area contributed by atoms with Crippen molar-refractivity contribution in [3.05, 3.63) is 109 Å². The molecule has 0 aromatic carbocycles. The lowest BCUT2D eigenvalue weighted by atomic mass is 10.1. The first-order valence-corrected chi connectivity index (χ1v) is 34.3. The normalized spacial score (nSPS) is 14.0. The van der Waals surface area contributed by atoms with Crippen LogP contribution in [0.3, 0.4) is 0 Å². The average Bonchev–Trinajstić information content (AvgIpc) is 3.47. The molecular weight excluding hydrogens is 1050 g/mol. The van der Waals surface area contributed by atoms with E-state index >= 15 is 0 Å². The van der Waals surface area contributed by atoms with Gasteiger partial charge in [-0.25, -0.2) is 4.57 Å². The zero-order chi connectivity index (χ0) is 59.8. The van der Waals surface area contributed by atoms with Crippen LogP contribution in [0.2, 0.25) is 0 Å². The highest BCUT2D eigenvalue weighted by molar-refractivity contribution is 7.47. The molecule has 0 aromatic rings. The second kappa shape index (κ2) is 63.2. The number of aliphatic hydroxyl groups is 1. The van der Waals surface area contributed by atoms with Crippen LogP contribution in [0.25, 0.3) is 0 Å². The number of allylic oxidation sites excluding steroid dienone is 18. The molecule has 0 fully saturated rings. The van der Waals surface area contributed by atoms with Crippen molar-refractivity contribution < 1.29 is 52.2 Å². The summed E-state index contributed by atoms with van der Waals surface area (Å²) in [4.78, 5) is 48.8. The third kappa shape index (κ3) is 60.7. The second-order valence-corrected chi connectivity index (χ2v) is 23.0. The summed E-state index contributed by atoms with van der Waals surface area (Å²) in [7, 11) is -4.77. The lowest BCUT2D eigenvalue weighted by Crippen LogP contribution is -2.30. The molecule has 0 rings (SSSR count). The summed E-state index contributed by atoms with van der Waals surface area (Å²) in [5.74, 6) is -1.50. The van der Waals surface area contributed by atoms with Crippen LogP contribution in [-0.2, 0) is 42.2 Å². The van der Waals surface area contributed by atoms with Gasteiger partial charge < -0.3 is 24.2 Å². The predicted octanol–water partition coefficient (Wildman–Crippen LogP) is 20.1. The van der Waals surface area contributed by atoms with Crippen LogP contribution in [0.5, 0.6) is 0 Å². The fraction of sp³-hybridized carbons (Fsp3) is 0.700. The largest absolute Gasteiger partial charge is 0.472 e. The SMILES string of the molecule is CC/C=C\C/C=C\C/C=C\CCCCCCCCCC(=O)OCC(COP(=O)(O)OCC(CO)OC(=O)CCCCCCCC/C=C\C/C=C\C/C=C\CCCCC)OC(=O)CCCCCCCC/C=C\C/C=C\C/C=C\CCCCC. The van der Waals surface area contributed by atoms with E-state index < -0.39 is 57.8 Å². The molecule has 0 spiro atoms. The molecule has 11 nitrogen and oxygen atoms in total. The van der Waals surface area contributed by atoms with Crippen molar-refractivity contribution in [2.24, 2.45) is 0 Å². The molecule has 12 heteroatoms. The van der Waals surface area contributed by atoms with Crippen molar-refractivity contribution >= 4 is 25.7 Å². The van der Waals surface area contributed by atoms with Crippen LogP contribution < -0.4 is 0 Å². The van der Waals surface area contributed by atoms with Gasteiger partial charge in [0.1, 0.15) is 12.7 Å². The summed E-state index contributed by atoms with van der Waals surface area (Å²) in [5, 5.41) is 9.87. The quantitative estimate of drug-likeness (QED) is 0.0197. The van der Waals surface area contributed by atoms with Gasteiger partial charge in [-0.1, -0.05) is 239 Å². The summed E-state index contributed by atoms with van der Waals surface area (Å²) < 4.78 is 39.7. The van der Waals surface area contributed by atoms with Crippen molar-refractivity contribution in [3.8, 4) is 0 Å². The molecule has 0 aliphatic heterocycles. The number of phosphoric acid groups is 1. The van der Waals surface area contributed by atoms with E-state index in [4.69, 9.17) is 23.3 Å². The second-order valence-electron chi connectivity index (χ2n) is 21.5. The Morgan fingerprint density at radius 2 is 0.634 bits per heavy atom. The van der Waals surface area contributed by atoms with Gasteiger partial charge in [0.05, 0.1) is 19.8 Å². The number of carbonyl (C=O) groups is 3. The number of rotatable bonds is 60. The molecule has 3 atom stereocenters. The minimum atomic E-state index is -4.77. The smallest absolute Gasteiger partial charge is 0.462 e. The van der Waals surface area contributed by atoms with Crippen LogP contribution in [0.4, 0.5) is 0 Å². The van der Waals surface area contributed by atoms with Crippen molar-refractivity contribution in [3.63, 3.8) is 0 Å². The molecule has 0 saturated heterocycles. The first-order valence-electron chi connectivity index (χ1n) is 32.8. The molecule has 0 heterocycles. The molecule has 3 unspecified atom stereocenters. The minimum absolute atomic E-state index is 0.145. The maximum Gasteiger partial charge on any atom is 0.472 e. The van der Waals surface area contributed by atoms with Gasteiger partial charge in [-0.3, -0.25) is 23.4 Å². The molecule has 470 valence electrons. The number of ether oxygens (including phenoxy) is 3. The Bertz CT molecular complexity index is 1790. The minimum Gasteiger partial charge on any atom is -0.462 e. The van der Waals surface area contributed by atoms with Crippen molar-refractivity contribution in [2.45, 2.75) is 290 Å². The van der Waals surface area contributed by atoms with Gasteiger partial charge in [-0.15, -0.1) is 0 Å². The monoisotopic (exact) mass is 1170 g/mol. The molecule has 0 bridgehead atoms. The van der Waals surface area contributed by atoms with E-state index in [1.54, 1.807) is 0 Å². The van der Waals surface area contributed by atoms with E-state index in [2.05, 4.69) is 130 Å². The van der Waals surface area contributed by atoms with Crippen molar-refractivity contribution in [1.82, 2.24) is 0 Å². The Balaban J connectivity index is 4.75. The Labute approximate surface area is 501 Å². The lowest BCUT2D eigenvalue weighted by molar-refractivity contribution is -0.161. The number of carbonyl (C=O) groups excluding carboxylic acids is 3. The first kappa shape index (κ1) is 78.1. The fourth-order valence-corrected chi connectivity index (χ4v) is 9.46. The topological polar surface area (TPSA) is 155 Å². The Kier molecular flexibility index (Phi) is 60.2. The average molecular weight is 1170 g/mol. The molecule has 2 N–H and O–H groups in total. The van der Waals surface area contributed by atoms with Gasteiger partial charge >= 0.3 is 25.7 Å². The van der Waals surface area contributed by atoms with Crippen molar-refractivity contribution in [2.75, 3.05) is 26.4 Å². The van der Waals surface area contributed by atoms with Crippen LogP contribution in [0.15, 0.2) is 109 Å². The standard InChI is InChI=1S/C70H119O11P/c1-4-7-10-13-16-19-22-25-28-31-33-36-39-42-45-48-51-54-57-60-69(73)80-66(62-71)64-78-82(75,76)79-65-67(63-77-68(72)59-56-53-50-47-44-41-38-35-30-27-24-21-18-15-12-9-6-3)81-70(74)61-58-55-52-49-46-43-40-37-34-32-29-26-23-20-17-14-11-8-5-2/h9,12,16-21,25-30,33-34,36-37,66-67,71H,4-8,10-11,13-15,22-24,31-32,35,38-65H2,1-3H3,(H,75,76)/b12-9-,19-16-,20-17-,21-18-,28-25-,29-26-,30-27-,36-33-,37-34-. The Morgan fingerprint density at radius 3 is 0.976 bits per heavy atom. The highest BCUT2D eigenvalue weighted by Gasteiger charge is 2.28. The molecule has 0 aliphatic carbocycles. The van der Waals surface area contributed by atoms with Crippen molar-refractivity contribution in [1.29, 1.82) is 0 Å². The van der Waals surface area contributed by atoms with Gasteiger partial charge in [0.15, 0.2) is 6.10 Å². The predicted molar refractivity (Wildman–Crippen MR) is 343 cm³/mol. The molecular formula is C70H119O11P. The van der Waals surface area contributed by atoms with Gasteiger partial charge in [-0.2, -0.15) is 0 Å². The van der Waals surface area contributed by atoms with Gasteiger partial charge in [0, 0.05) is 19.3 Å². The number of unbranched alkanes of at least 4 members (excludes halogenated alkanes) is 25. The van der Waals surface area contributed by atoms with Crippen LogP contribution in [0.1, 0.15) is 278 Å². The third-order valence-electron chi connectivity index (χ3n) is 13.6. The van der Waals surface area contributed by atoms with E-state index in [0.717, 1.165) is 154 Å².